The van der Waals surface area contributed by atoms with Gasteiger partial charge in [-0.05, 0) is 34.8 Å². The number of likely N-dealkylation sites (tertiary alicyclic amines) is 1. The summed E-state index contributed by atoms with van der Waals surface area (Å²) in [5.41, 5.74) is 1.14. The predicted octanol–water partition coefficient (Wildman–Crippen LogP) is 1.01. The van der Waals surface area contributed by atoms with Crippen LogP contribution >= 0.6 is 15.9 Å². The molecule has 0 spiro atoms. The average molecular weight is 331 g/mol. The lowest BCUT2D eigenvalue weighted by atomic mass is 10.1. The van der Waals surface area contributed by atoms with E-state index in [1.807, 2.05) is 12.1 Å². The molecule has 0 amide bonds. The zero-order valence-corrected chi connectivity index (χ0v) is 13.0. The quantitative estimate of drug-likeness (QED) is 0.865. The van der Waals surface area contributed by atoms with Crippen LogP contribution in [0.2, 0.25) is 0 Å². The van der Waals surface area contributed by atoms with Crippen molar-refractivity contribution in [3.63, 3.8) is 0 Å². The minimum Gasteiger partial charge on any atom is -0.496 e. The zero-order chi connectivity index (χ0) is 13.8. The van der Waals surface area contributed by atoms with Gasteiger partial charge >= 0.3 is 0 Å². The summed E-state index contributed by atoms with van der Waals surface area (Å²) in [5, 5.41) is 9.74. The summed E-state index contributed by atoms with van der Waals surface area (Å²) in [7, 11) is 3.32. The highest BCUT2D eigenvalue weighted by Gasteiger charge is 2.23. The van der Waals surface area contributed by atoms with E-state index in [4.69, 9.17) is 9.47 Å². The number of rotatable bonds is 4. The average Bonchev–Trinajstić information content (AvgIpc) is 2.39. The molecule has 2 rings (SSSR count). The maximum absolute atomic E-state index is 9.74. The van der Waals surface area contributed by atoms with Crippen molar-refractivity contribution in [2.24, 2.45) is 0 Å². The monoisotopic (exact) mass is 330 g/mol. The molecule has 0 aliphatic carbocycles. The van der Waals surface area contributed by atoms with Crippen LogP contribution in [-0.2, 0) is 6.54 Å². The van der Waals surface area contributed by atoms with E-state index >= 15 is 0 Å². The number of halogens is 1. The Morgan fingerprint density at radius 1 is 1.32 bits per heavy atom. The molecule has 1 fully saturated rings. The van der Waals surface area contributed by atoms with Crippen LogP contribution in [0.4, 0.5) is 0 Å². The molecule has 1 saturated heterocycles. The second-order valence-corrected chi connectivity index (χ2v) is 5.83. The number of aliphatic hydroxyl groups is 1. The first kappa shape index (κ1) is 14.6. The summed E-state index contributed by atoms with van der Waals surface area (Å²) in [6.45, 7) is 2.78. The van der Waals surface area contributed by atoms with Crippen molar-refractivity contribution in [2.75, 3.05) is 27.3 Å². The predicted molar refractivity (Wildman–Crippen MR) is 76.9 cm³/mol. The minimum atomic E-state index is -0.170. The Kier molecular flexibility index (Phi) is 5.07. The standard InChI is InChI=1S/C14H20BrNO3/c1-18-13-7-14(19-2)12(15)6-10(13)8-16-5-3-4-11(17)9-16/h6-7,11,17H,3-5,8-9H2,1-2H3/p+1/t11-/m0/s1. The van der Waals surface area contributed by atoms with Crippen LogP contribution in [0.3, 0.4) is 0 Å². The lowest BCUT2D eigenvalue weighted by molar-refractivity contribution is -0.921. The summed E-state index contributed by atoms with van der Waals surface area (Å²) >= 11 is 3.51. The highest BCUT2D eigenvalue weighted by atomic mass is 79.9. The highest BCUT2D eigenvalue weighted by Crippen LogP contribution is 2.32. The molecular weight excluding hydrogens is 310 g/mol. The summed E-state index contributed by atoms with van der Waals surface area (Å²) < 4.78 is 11.6. The molecule has 0 radical (unpaired) electrons. The molecule has 0 bridgehead atoms. The summed E-state index contributed by atoms with van der Waals surface area (Å²) in [4.78, 5) is 1.40. The molecular formula is C14H21BrNO3+. The topological polar surface area (TPSA) is 43.1 Å². The van der Waals surface area contributed by atoms with Crippen LogP contribution < -0.4 is 14.4 Å². The SMILES string of the molecule is COc1cc(OC)c(C[NH+]2CCC[C@H](O)C2)cc1Br. The Bertz CT molecular complexity index is 439. The van der Waals surface area contributed by atoms with Gasteiger partial charge in [-0.3, -0.25) is 0 Å². The normalized spacial score (nSPS) is 23.2. The third kappa shape index (κ3) is 3.61. The van der Waals surface area contributed by atoms with Crippen molar-refractivity contribution in [3.8, 4) is 11.5 Å². The van der Waals surface area contributed by atoms with Gasteiger partial charge in [0.25, 0.3) is 0 Å². The third-order valence-corrected chi connectivity index (χ3v) is 4.21. The molecule has 2 atom stereocenters. The van der Waals surface area contributed by atoms with Gasteiger partial charge in [0, 0.05) is 11.6 Å². The van der Waals surface area contributed by atoms with E-state index in [-0.39, 0.29) is 6.10 Å². The van der Waals surface area contributed by atoms with E-state index in [9.17, 15) is 5.11 Å². The van der Waals surface area contributed by atoms with Crippen molar-refractivity contribution < 1.29 is 19.5 Å². The van der Waals surface area contributed by atoms with E-state index in [0.717, 1.165) is 54.0 Å². The Hall–Kier alpha value is -0.780. The molecule has 1 aliphatic rings. The van der Waals surface area contributed by atoms with Crippen molar-refractivity contribution in [1.29, 1.82) is 0 Å². The molecule has 0 aromatic heterocycles. The Morgan fingerprint density at radius 3 is 2.68 bits per heavy atom. The molecule has 1 aromatic carbocycles. The number of hydrogen-bond acceptors (Lipinski definition) is 3. The molecule has 1 aromatic rings. The van der Waals surface area contributed by atoms with E-state index in [2.05, 4.69) is 15.9 Å². The fourth-order valence-corrected chi connectivity index (χ4v) is 3.17. The van der Waals surface area contributed by atoms with Crippen LogP contribution in [-0.4, -0.2) is 38.5 Å². The molecule has 106 valence electrons. The van der Waals surface area contributed by atoms with Gasteiger partial charge in [0.2, 0.25) is 0 Å². The van der Waals surface area contributed by atoms with Crippen LogP contribution in [0, 0.1) is 0 Å². The minimum absolute atomic E-state index is 0.170. The molecule has 1 heterocycles. The van der Waals surface area contributed by atoms with Gasteiger partial charge in [-0.1, -0.05) is 0 Å². The van der Waals surface area contributed by atoms with Gasteiger partial charge in [-0.2, -0.15) is 0 Å². The second-order valence-electron chi connectivity index (χ2n) is 4.98. The number of piperidine rings is 1. The zero-order valence-electron chi connectivity index (χ0n) is 11.4. The van der Waals surface area contributed by atoms with Gasteiger partial charge in [-0.15, -0.1) is 0 Å². The fourth-order valence-electron chi connectivity index (χ4n) is 2.62. The Balaban J connectivity index is 2.16. The lowest BCUT2D eigenvalue weighted by Gasteiger charge is -2.27. The molecule has 2 N–H and O–H groups in total. The number of quaternary nitrogens is 1. The van der Waals surface area contributed by atoms with Crippen molar-refractivity contribution >= 4 is 15.9 Å². The van der Waals surface area contributed by atoms with Crippen LogP contribution in [0.15, 0.2) is 16.6 Å². The van der Waals surface area contributed by atoms with Crippen LogP contribution in [0.25, 0.3) is 0 Å². The largest absolute Gasteiger partial charge is 0.496 e. The number of aliphatic hydroxyl groups excluding tert-OH is 1. The summed E-state index contributed by atoms with van der Waals surface area (Å²) in [5.74, 6) is 1.61. The first-order chi connectivity index (χ1) is 9.13. The Labute approximate surface area is 122 Å². The first-order valence-corrected chi connectivity index (χ1v) is 7.35. The first-order valence-electron chi connectivity index (χ1n) is 6.56. The summed E-state index contributed by atoms with van der Waals surface area (Å²) in [6, 6.07) is 3.95. The number of hydrogen-bond donors (Lipinski definition) is 2. The smallest absolute Gasteiger partial charge is 0.136 e. The van der Waals surface area contributed by atoms with Gasteiger partial charge in [-0.25, -0.2) is 0 Å². The number of nitrogens with one attached hydrogen (secondary N) is 1. The molecule has 5 heteroatoms. The Morgan fingerprint density at radius 2 is 2.05 bits per heavy atom. The van der Waals surface area contributed by atoms with E-state index in [1.165, 1.54) is 4.90 Å². The molecule has 1 aliphatic heterocycles. The third-order valence-electron chi connectivity index (χ3n) is 3.59. The number of benzene rings is 1. The van der Waals surface area contributed by atoms with E-state index < -0.39 is 0 Å². The van der Waals surface area contributed by atoms with Gasteiger partial charge in [0.15, 0.2) is 0 Å². The second kappa shape index (κ2) is 6.59. The summed E-state index contributed by atoms with van der Waals surface area (Å²) in [6.07, 6.45) is 1.83. The van der Waals surface area contributed by atoms with Crippen LogP contribution in [0.1, 0.15) is 18.4 Å². The van der Waals surface area contributed by atoms with Crippen molar-refractivity contribution in [3.05, 3.63) is 22.2 Å². The lowest BCUT2D eigenvalue weighted by Crippen LogP contribution is -3.12. The highest BCUT2D eigenvalue weighted by molar-refractivity contribution is 9.10. The molecule has 1 unspecified atom stereocenters. The van der Waals surface area contributed by atoms with Crippen molar-refractivity contribution in [2.45, 2.75) is 25.5 Å². The number of methoxy groups -OCH3 is 2. The maximum atomic E-state index is 9.74. The molecule has 0 saturated carbocycles. The van der Waals surface area contributed by atoms with Crippen molar-refractivity contribution in [1.82, 2.24) is 0 Å². The van der Waals surface area contributed by atoms with Gasteiger partial charge in [0.1, 0.15) is 30.7 Å². The molecule has 4 nitrogen and oxygen atoms in total. The van der Waals surface area contributed by atoms with E-state index in [0.29, 0.717) is 0 Å². The fraction of sp³-hybridized carbons (Fsp3) is 0.571. The maximum Gasteiger partial charge on any atom is 0.136 e. The van der Waals surface area contributed by atoms with Gasteiger partial charge in [0.05, 0.1) is 25.2 Å². The van der Waals surface area contributed by atoms with Gasteiger partial charge < -0.3 is 19.5 Å². The number of ether oxygens (including phenoxy) is 2. The van der Waals surface area contributed by atoms with Crippen LogP contribution in [0.5, 0.6) is 11.5 Å². The van der Waals surface area contributed by atoms with E-state index in [1.54, 1.807) is 14.2 Å². The molecule has 19 heavy (non-hydrogen) atoms.